The Hall–Kier alpha value is -2.57. The third-order valence-electron chi connectivity index (χ3n) is 19.4. The number of unbranched alkanes of at least 4 members (excludes halogenated alkanes) is 44. The standard InChI is InChI=1S/C82H149NO13/c1-3-5-7-9-11-13-15-17-19-21-23-25-27-29-30-31-32-33-34-35-36-37-38-39-40-42-44-46-48-50-52-54-56-58-60-62-64-66-74(87)83-70(69-93-81-79(92)77(90)80(73(68-85)95-81)96-82-78(91)76(89)75(88)72(67-84)94-82)71(86)65-63-61-59-57-55-53-51-49-47-45-43-41-28-26-24-22-20-18-16-14-12-10-8-6-4-2/h5,7,11,13,17,19,23,25,29-30,63,65,70-73,75-82,84-86,88-92H,3-4,6,8-10,12,14-16,18,20-22,24,26-28,31-62,64,66-69H2,1-2H3,(H,83,87)/b7-5-,13-11-,19-17-,25-23-,30-29-,65-63+. The predicted molar refractivity (Wildman–Crippen MR) is 397 cm³/mol. The number of allylic oxidation sites excluding steroid dienone is 11. The maximum atomic E-state index is 13.4. The minimum absolute atomic E-state index is 0.234. The summed E-state index contributed by atoms with van der Waals surface area (Å²) in [4.78, 5) is 13.4. The van der Waals surface area contributed by atoms with Gasteiger partial charge in [-0.3, -0.25) is 4.79 Å². The second-order valence-corrected chi connectivity index (χ2v) is 28.2. The summed E-state index contributed by atoms with van der Waals surface area (Å²) in [6, 6.07) is -0.917. The Morgan fingerprint density at radius 2 is 0.719 bits per heavy atom. The van der Waals surface area contributed by atoms with E-state index in [2.05, 4.69) is 79.9 Å². The van der Waals surface area contributed by atoms with Crippen molar-refractivity contribution < 1.29 is 64.6 Å². The van der Waals surface area contributed by atoms with Crippen molar-refractivity contribution in [3.63, 3.8) is 0 Å². The Balaban J connectivity index is 1.60. The Morgan fingerprint density at radius 3 is 1.10 bits per heavy atom. The van der Waals surface area contributed by atoms with Gasteiger partial charge in [-0.15, -0.1) is 0 Å². The summed E-state index contributed by atoms with van der Waals surface area (Å²) >= 11 is 0. The van der Waals surface area contributed by atoms with Gasteiger partial charge >= 0.3 is 0 Å². The van der Waals surface area contributed by atoms with Crippen molar-refractivity contribution in [2.45, 2.75) is 421 Å². The summed E-state index contributed by atoms with van der Waals surface area (Å²) < 4.78 is 22.9. The van der Waals surface area contributed by atoms with Crippen molar-refractivity contribution >= 4 is 5.91 Å². The highest BCUT2D eigenvalue weighted by Crippen LogP contribution is 2.30. The molecule has 9 N–H and O–H groups in total. The number of ether oxygens (including phenoxy) is 4. The highest BCUT2D eigenvalue weighted by molar-refractivity contribution is 5.76. The molecule has 14 nitrogen and oxygen atoms in total. The van der Waals surface area contributed by atoms with Crippen LogP contribution in [0.1, 0.15) is 348 Å². The lowest BCUT2D eigenvalue weighted by Gasteiger charge is -2.46. The monoisotopic (exact) mass is 1360 g/mol. The highest BCUT2D eigenvalue weighted by atomic mass is 16.7. The van der Waals surface area contributed by atoms with Crippen molar-refractivity contribution in [3.05, 3.63) is 72.9 Å². The van der Waals surface area contributed by atoms with E-state index in [-0.39, 0.29) is 18.9 Å². The molecule has 1 amide bonds. The largest absolute Gasteiger partial charge is 0.394 e. The molecule has 560 valence electrons. The van der Waals surface area contributed by atoms with E-state index in [4.69, 9.17) is 18.9 Å². The summed E-state index contributed by atoms with van der Waals surface area (Å²) in [5.41, 5.74) is 0. The fourth-order valence-corrected chi connectivity index (χ4v) is 13.1. The average Bonchev–Trinajstić information content (AvgIpc) is 0.857. The van der Waals surface area contributed by atoms with Crippen LogP contribution in [-0.2, 0) is 23.7 Å². The zero-order valence-electron chi connectivity index (χ0n) is 61.4. The van der Waals surface area contributed by atoms with Gasteiger partial charge < -0.3 is 65.1 Å². The lowest BCUT2D eigenvalue weighted by molar-refractivity contribution is -0.359. The topological polar surface area (TPSA) is 228 Å². The SMILES string of the molecule is CC/C=C\C/C=C\C/C=C\C/C=C\C/C=C\CCCCCCCCCCCCCCCCCCCCCCCC(=O)NC(COC1OC(CO)C(OC2OC(CO)C(O)C(O)C2O)C(O)C1O)C(O)/C=C/CCCCCCCCCCCCCCCCCCCCCCCCC. The van der Waals surface area contributed by atoms with Gasteiger partial charge in [0.15, 0.2) is 12.6 Å². The maximum Gasteiger partial charge on any atom is 0.220 e. The molecule has 2 aliphatic heterocycles. The van der Waals surface area contributed by atoms with E-state index in [1.807, 2.05) is 6.08 Å². The van der Waals surface area contributed by atoms with Crippen LogP contribution in [0.25, 0.3) is 0 Å². The number of hydrogen-bond donors (Lipinski definition) is 9. The molecule has 0 aliphatic carbocycles. The Morgan fingerprint density at radius 1 is 0.385 bits per heavy atom. The molecule has 0 bridgehead atoms. The molecule has 0 spiro atoms. The second-order valence-electron chi connectivity index (χ2n) is 28.2. The molecule has 14 heteroatoms. The molecule has 2 fully saturated rings. The van der Waals surface area contributed by atoms with Gasteiger partial charge in [-0.1, -0.05) is 350 Å². The molecule has 0 aromatic carbocycles. The quantitative estimate of drug-likeness (QED) is 0.0204. The van der Waals surface area contributed by atoms with Gasteiger partial charge in [-0.25, -0.2) is 0 Å². The summed E-state index contributed by atoms with van der Waals surface area (Å²) in [5, 5.41) is 87.7. The van der Waals surface area contributed by atoms with Gasteiger partial charge in [0.05, 0.1) is 32.0 Å². The van der Waals surface area contributed by atoms with Crippen LogP contribution < -0.4 is 5.32 Å². The van der Waals surface area contributed by atoms with E-state index in [0.29, 0.717) is 6.42 Å². The first-order chi connectivity index (χ1) is 47.1. The number of carbonyl (C=O) groups is 1. The van der Waals surface area contributed by atoms with E-state index < -0.39 is 86.8 Å². The summed E-state index contributed by atoms with van der Waals surface area (Å²) in [5.74, 6) is -0.234. The lowest BCUT2D eigenvalue weighted by atomic mass is 9.97. The first-order valence-corrected chi connectivity index (χ1v) is 40.2. The van der Waals surface area contributed by atoms with Crippen molar-refractivity contribution in [1.82, 2.24) is 5.32 Å². The van der Waals surface area contributed by atoms with E-state index in [1.54, 1.807) is 6.08 Å². The second kappa shape index (κ2) is 65.7. The molecule has 2 aliphatic rings. The van der Waals surface area contributed by atoms with Gasteiger partial charge in [-0.05, 0) is 64.2 Å². The molecule has 2 heterocycles. The zero-order chi connectivity index (χ0) is 69.4. The molecule has 0 aromatic heterocycles. The summed E-state index contributed by atoms with van der Waals surface area (Å²) in [6.07, 6.45) is 74.1. The molecular formula is C82H149NO13. The van der Waals surface area contributed by atoms with Gasteiger partial charge in [0, 0.05) is 6.42 Å². The first kappa shape index (κ1) is 89.5. The first-order valence-electron chi connectivity index (χ1n) is 40.2. The number of aliphatic hydroxyl groups excluding tert-OH is 8. The molecule has 2 saturated heterocycles. The molecule has 12 atom stereocenters. The van der Waals surface area contributed by atoms with Gasteiger partial charge in [-0.2, -0.15) is 0 Å². The van der Waals surface area contributed by atoms with Crippen LogP contribution in [0.5, 0.6) is 0 Å². The van der Waals surface area contributed by atoms with E-state index in [9.17, 15) is 45.6 Å². The van der Waals surface area contributed by atoms with Crippen LogP contribution in [-0.4, -0.2) is 140 Å². The Labute approximate surface area is 587 Å². The van der Waals surface area contributed by atoms with Crippen molar-refractivity contribution in [1.29, 1.82) is 0 Å². The number of hydrogen-bond acceptors (Lipinski definition) is 13. The highest BCUT2D eigenvalue weighted by Gasteiger charge is 2.51. The minimum atomic E-state index is -1.79. The van der Waals surface area contributed by atoms with Gasteiger partial charge in [0.2, 0.25) is 5.91 Å². The number of rotatable bonds is 67. The molecule has 96 heavy (non-hydrogen) atoms. The predicted octanol–water partition coefficient (Wildman–Crippen LogP) is 18.1. The van der Waals surface area contributed by atoms with Crippen LogP contribution >= 0.6 is 0 Å². The summed E-state index contributed by atoms with van der Waals surface area (Å²) in [6.45, 7) is 2.74. The van der Waals surface area contributed by atoms with Crippen LogP contribution in [0.3, 0.4) is 0 Å². The molecule has 0 aromatic rings. The van der Waals surface area contributed by atoms with Crippen molar-refractivity contribution in [2.75, 3.05) is 19.8 Å². The van der Waals surface area contributed by atoms with Crippen LogP contribution in [0.4, 0.5) is 0 Å². The summed E-state index contributed by atoms with van der Waals surface area (Å²) in [7, 11) is 0. The van der Waals surface area contributed by atoms with Gasteiger partial charge in [0.1, 0.15) is 48.8 Å². The third kappa shape index (κ3) is 48.3. The molecule has 12 unspecified atom stereocenters. The van der Waals surface area contributed by atoms with Gasteiger partial charge in [0.25, 0.3) is 0 Å². The van der Waals surface area contributed by atoms with Crippen LogP contribution in [0.15, 0.2) is 72.9 Å². The van der Waals surface area contributed by atoms with E-state index >= 15 is 0 Å². The maximum absolute atomic E-state index is 13.4. The zero-order valence-corrected chi connectivity index (χ0v) is 61.4. The smallest absolute Gasteiger partial charge is 0.220 e. The van der Waals surface area contributed by atoms with E-state index in [1.165, 1.54) is 250 Å². The van der Waals surface area contributed by atoms with Crippen molar-refractivity contribution in [3.8, 4) is 0 Å². The molecule has 0 radical (unpaired) electrons. The third-order valence-corrected chi connectivity index (χ3v) is 19.4. The number of nitrogens with one attached hydrogen (secondary N) is 1. The fraction of sp³-hybridized carbons (Fsp3) is 0.841. The molecule has 0 saturated carbocycles. The normalized spacial score (nSPS) is 22.6. The van der Waals surface area contributed by atoms with Crippen LogP contribution in [0, 0.1) is 0 Å². The van der Waals surface area contributed by atoms with E-state index in [0.717, 1.165) is 70.6 Å². The Kier molecular flexibility index (Phi) is 61.3. The van der Waals surface area contributed by atoms with Crippen molar-refractivity contribution in [2.24, 2.45) is 0 Å². The number of aliphatic hydroxyl groups is 8. The lowest BCUT2D eigenvalue weighted by Crippen LogP contribution is -2.65. The molecular weight excluding hydrogens is 1210 g/mol. The minimum Gasteiger partial charge on any atom is -0.394 e. The fourth-order valence-electron chi connectivity index (χ4n) is 13.1. The number of carbonyl (C=O) groups excluding carboxylic acids is 1. The average molecular weight is 1360 g/mol. The number of amides is 1. The Bertz CT molecular complexity index is 1890. The van der Waals surface area contributed by atoms with Crippen LogP contribution in [0.2, 0.25) is 0 Å². The molecule has 2 rings (SSSR count).